The van der Waals surface area contributed by atoms with Crippen molar-refractivity contribution >= 4 is 11.8 Å². The van der Waals surface area contributed by atoms with E-state index in [1.165, 1.54) is 24.0 Å². The zero-order valence-electron chi connectivity index (χ0n) is 9.12. The molecule has 2 aromatic heterocycles. The van der Waals surface area contributed by atoms with E-state index in [-0.39, 0.29) is 5.56 Å². The summed E-state index contributed by atoms with van der Waals surface area (Å²) in [6.07, 6.45) is 2.52. The van der Waals surface area contributed by atoms with Gasteiger partial charge in [-0.25, -0.2) is 4.98 Å². The molecule has 0 amide bonds. The summed E-state index contributed by atoms with van der Waals surface area (Å²) < 4.78 is 0. The molecule has 0 aliphatic rings. The molecule has 88 valence electrons. The Hall–Kier alpha value is -1.66. The topological polar surface area (TPSA) is 78.9 Å². The summed E-state index contributed by atoms with van der Waals surface area (Å²) in [6.45, 7) is 1.66. The van der Waals surface area contributed by atoms with Gasteiger partial charge in [0.15, 0.2) is 5.16 Å². The molecule has 0 aliphatic carbocycles. The van der Waals surface area contributed by atoms with E-state index in [2.05, 4.69) is 15.0 Å². The molecule has 2 rings (SSSR count). The Morgan fingerprint density at radius 3 is 2.76 bits per heavy atom. The van der Waals surface area contributed by atoms with Crippen molar-refractivity contribution in [3.8, 4) is 0 Å². The van der Waals surface area contributed by atoms with Crippen molar-refractivity contribution in [1.29, 1.82) is 0 Å². The fourth-order valence-electron chi connectivity index (χ4n) is 1.21. The van der Waals surface area contributed by atoms with Crippen LogP contribution in [0.25, 0.3) is 0 Å². The summed E-state index contributed by atoms with van der Waals surface area (Å²) in [5.41, 5.74) is 0.430. The first-order valence-electron chi connectivity index (χ1n) is 5.02. The number of pyridine rings is 1. The summed E-state index contributed by atoms with van der Waals surface area (Å²) in [5, 5.41) is 9.83. The number of hydrogen-bond donors (Lipinski definition) is 2. The highest BCUT2D eigenvalue weighted by Crippen LogP contribution is 2.23. The summed E-state index contributed by atoms with van der Waals surface area (Å²) in [5.74, 6) is 0. The predicted molar refractivity (Wildman–Crippen MR) is 63.9 cm³/mol. The summed E-state index contributed by atoms with van der Waals surface area (Å²) >= 11 is 1.31. The van der Waals surface area contributed by atoms with Gasteiger partial charge in [-0.05, 0) is 19.1 Å². The molecular formula is C11H11N3O2S. The maximum absolute atomic E-state index is 11.1. The Balaban J connectivity index is 2.16. The zero-order valence-corrected chi connectivity index (χ0v) is 9.94. The van der Waals surface area contributed by atoms with Crippen LogP contribution in [0.4, 0.5) is 0 Å². The van der Waals surface area contributed by atoms with Crippen molar-refractivity contribution in [2.75, 3.05) is 0 Å². The van der Waals surface area contributed by atoms with Gasteiger partial charge in [-0.1, -0.05) is 11.8 Å². The third-order valence-electron chi connectivity index (χ3n) is 2.05. The molecule has 0 aromatic carbocycles. The van der Waals surface area contributed by atoms with Crippen LogP contribution >= 0.6 is 11.8 Å². The second kappa shape index (κ2) is 5.11. The standard InChI is InChI=1S/C11H11N3O2S/c1-7(15)9-3-2-8(6-13-9)17-11-12-5-4-10(16)14-11/h2-7,15H,1H3,(H,12,14,16). The van der Waals surface area contributed by atoms with Gasteiger partial charge in [-0.2, -0.15) is 0 Å². The van der Waals surface area contributed by atoms with Crippen LogP contribution in [0.2, 0.25) is 0 Å². The first-order chi connectivity index (χ1) is 8.15. The van der Waals surface area contributed by atoms with Crippen molar-refractivity contribution in [2.45, 2.75) is 23.1 Å². The molecule has 0 spiro atoms. The lowest BCUT2D eigenvalue weighted by atomic mass is 10.2. The van der Waals surface area contributed by atoms with E-state index in [1.54, 1.807) is 19.2 Å². The molecule has 1 atom stereocenters. The summed E-state index contributed by atoms with van der Waals surface area (Å²) in [4.78, 5) is 22.7. The number of aromatic nitrogens is 3. The number of nitrogens with one attached hydrogen (secondary N) is 1. The van der Waals surface area contributed by atoms with Crippen LogP contribution < -0.4 is 5.56 Å². The molecule has 0 fully saturated rings. The Morgan fingerprint density at radius 2 is 2.18 bits per heavy atom. The molecular weight excluding hydrogens is 238 g/mol. The van der Waals surface area contributed by atoms with Crippen LogP contribution in [-0.4, -0.2) is 20.1 Å². The number of aromatic amines is 1. The minimum Gasteiger partial charge on any atom is -0.387 e. The highest BCUT2D eigenvalue weighted by molar-refractivity contribution is 7.99. The molecule has 5 nitrogen and oxygen atoms in total. The third-order valence-corrected chi connectivity index (χ3v) is 2.93. The second-order valence-corrected chi connectivity index (χ2v) is 4.50. The van der Waals surface area contributed by atoms with Crippen LogP contribution in [0.3, 0.4) is 0 Å². The minimum absolute atomic E-state index is 0.184. The molecule has 0 bridgehead atoms. The van der Waals surface area contributed by atoms with Crippen molar-refractivity contribution < 1.29 is 5.11 Å². The van der Waals surface area contributed by atoms with E-state index in [0.717, 1.165) is 4.90 Å². The number of rotatable bonds is 3. The van der Waals surface area contributed by atoms with Crippen LogP contribution in [0, 0.1) is 0 Å². The van der Waals surface area contributed by atoms with Gasteiger partial charge >= 0.3 is 0 Å². The predicted octanol–water partition coefficient (Wildman–Crippen LogP) is 1.37. The summed E-state index contributed by atoms with van der Waals surface area (Å²) in [6, 6.07) is 4.93. The van der Waals surface area contributed by atoms with Gasteiger partial charge in [-0.15, -0.1) is 0 Å². The zero-order chi connectivity index (χ0) is 12.3. The average molecular weight is 249 g/mol. The number of hydrogen-bond acceptors (Lipinski definition) is 5. The molecule has 6 heteroatoms. The average Bonchev–Trinajstić information content (AvgIpc) is 2.29. The Bertz CT molecular complexity index is 551. The first-order valence-corrected chi connectivity index (χ1v) is 5.84. The number of nitrogens with zero attached hydrogens (tertiary/aromatic N) is 2. The molecule has 0 saturated carbocycles. The van der Waals surface area contributed by atoms with Gasteiger partial charge in [0.05, 0.1) is 11.8 Å². The summed E-state index contributed by atoms with van der Waals surface area (Å²) in [7, 11) is 0. The van der Waals surface area contributed by atoms with Gasteiger partial charge < -0.3 is 10.1 Å². The van der Waals surface area contributed by atoms with Gasteiger partial charge in [0.2, 0.25) is 0 Å². The number of aliphatic hydroxyl groups is 1. The van der Waals surface area contributed by atoms with E-state index in [9.17, 15) is 9.90 Å². The fourth-order valence-corrected chi connectivity index (χ4v) is 1.94. The van der Waals surface area contributed by atoms with E-state index in [0.29, 0.717) is 10.9 Å². The molecule has 0 saturated heterocycles. The SMILES string of the molecule is CC(O)c1ccc(Sc2nccc(=O)[nH]2)cn1. The Kier molecular flexibility index (Phi) is 3.55. The van der Waals surface area contributed by atoms with E-state index < -0.39 is 6.10 Å². The van der Waals surface area contributed by atoms with Crippen molar-refractivity contribution in [2.24, 2.45) is 0 Å². The Morgan fingerprint density at radius 1 is 1.35 bits per heavy atom. The molecule has 2 aromatic rings. The van der Waals surface area contributed by atoms with Crippen molar-refractivity contribution in [3.63, 3.8) is 0 Å². The van der Waals surface area contributed by atoms with Crippen molar-refractivity contribution in [1.82, 2.24) is 15.0 Å². The van der Waals surface area contributed by atoms with Crippen LogP contribution in [0.1, 0.15) is 18.7 Å². The fraction of sp³-hybridized carbons (Fsp3) is 0.182. The highest BCUT2D eigenvalue weighted by Gasteiger charge is 2.04. The van der Waals surface area contributed by atoms with E-state index in [4.69, 9.17) is 0 Å². The number of aliphatic hydroxyl groups excluding tert-OH is 1. The molecule has 1 unspecified atom stereocenters. The molecule has 2 heterocycles. The lowest BCUT2D eigenvalue weighted by Crippen LogP contribution is -2.05. The van der Waals surface area contributed by atoms with Crippen LogP contribution in [0.15, 0.2) is 45.4 Å². The minimum atomic E-state index is -0.580. The molecule has 2 N–H and O–H groups in total. The first kappa shape index (κ1) is 11.8. The second-order valence-electron chi connectivity index (χ2n) is 3.44. The lowest BCUT2D eigenvalue weighted by molar-refractivity contribution is 0.194. The maximum Gasteiger partial charge on any atom is 0.251 e. The van der Waals surface area contributed by atoms with Gasteiger partial charge in [0.1, 0.15) is 0 Å². The monoisotopic (exact) mass is 249 g/mol. The lowest BCUT2D eigenvalue weighted by Gasteiger charge is -2.04. The normalized spacial score (nSPS) is 12.4. The van der Waals surface area contributed by atoms with Crippen LogP contribution in [-0.2, 0) is 0 Å². The highest BCUT2D eigenvalue weighted by atomic mass is 32.2. The van der Waals surface area contributed by atoms with Gasteiger partial charge in [-0.3, -0.25) is 9.78 Å². The molecule has 0 radical (unpaired) electrons. The molecule has 0 aliphatic heterocycles. The molecule has 17 heavy (non-hydrogen) atoms. The smallest absolute Gasteiger partial charge is 0.251 e. The van der Waals surface area contributed by atoms with Gasteiger partial charge in [0.25, 0.3) is 5.56 Å². The quantitative estimate of drug-likeness (QED) is 0.803. The van der Waals surface area contributed by atoms with Crippen molar-refractivity contribution in [3.05, 3.63) is 46.6 Å². The third kappa shape index (κ3) is 3.15. The van der Waals surface area contributed by atoms with Gasteiger partial charge in [0, 0.05) is 23.4 Å². The number of H-pyrrole nitrogens is 1. The van der Waals surface area contributed by atoms with E-state index in [1.807, 2.05) is 6.07 Å². The maximum atomic E-state index is 11.1. The van der Waals surface area contributed by atoms with Crippen LogP contribution in [0.5, 0.6) is 0 Å². The Labute approximate surface area is 102 Å². The van der Waals surface area contributed by atoms with E-state index >= 15 is 0 Å². The largest absolute Gasteiger partial charge is 0.387 e.